The van der Waals surface area contributed by atoms with Gasteiger partial charge in [0.15, 0.2) is 6.61 Å². The van der Waals surface area contributed by atoms with Crippen molar-refractivity contribution in [1.29, 1.82) is 0 Å². The first-order valence-corrected chi connectivity index (χ1v) is 10.4. The number of esters is 1. The van der Waals surface area contributed by atoms with Crippen LogP contribution in [0.5, 0.6) is 0 Å². The molecule has 0 radical (unpaired) electrons. The second kappa shape index (κ2) is 13.9. The van der Waals surface area contributed by atoms with E-state index in [1.165, 1.54) is 16.8 Å². The molecule has 0 aliphatic carbocycles. The van der Waals surface area contributed by atoms with E-state index in [0.29, 0.717) is 6.61 Å². The van der Waals surface area contributed by atoms with Crippen molar-refractivity contribution in [1.82, 2.24) is 9.80 Å². The van der Waals surface area contributed by atoms with Crippen molar-refractivity contribution < 1.29 is 23.9 Å². The summed E-state index contributed by atoms with van der Waals surface area (Å²) in [7, 11) is 3.06. The molecule has 29 heavy (non-hydrogen) atoms. The minimum Gasteiger partial charge on any atom is -0.464 e. The molecule has 0 aromatic rings. The summed E-state index contributed by atoms with van der Waals surface area (Å²) in [4.78, 5) is 40.7. The summed E-state index contributed by atoms with van der Waals surface area (Å²) in [5, 5.41) is 0. The van der Waals surface area contributed by atoms with Gasteiger partial charge in [0.1, 0.15) is 12.1 Å². The Morgan fingerprint density at radius 3 is 1.97 bits per heavy atom. The molecule has 0 bridgehead atoms. The molecule has 0 saturated heterocycles. The molecule has 0 aromatic carbocycles. The SMILES string of the molecule is C#CCOC(=O)N(C)C(C(=O)N(C)C(C(=O)OCCCCCC)C(C)C)C(C)C. The van der Waals surface area contributed by atoms with Crippen molar-refractivity contribution in [2.24, 2.45) is 11.8 Å². The maximum atomic E-state index is 13.2. The van der Waals surface area contributed by atoms with Gasteiger partial charge in [0.05, 0.1) is 6.61 Å². The number of unbranched alkanes of at least 4 members (excludes halogenated alkanes) is 3. The van der Waals surface area contributed by atoms with Crippen LogP contribution in [0.4, 0.5) is 4.79 Å². The van der Waals surface area contributed by atoms with E-state index in [1.54, 1.807) is 7.05 Å². The lowest BCUT2D eigenvalue weighted by Crippen LogP contribution is -2.56. The van der Waals surface area contributed by atoms with Gasteiger partial charge in [-0.15, -0.1) is 6.42 Å². The Bertz CT molecular complexity index is 568. The van der Waals surface area contributed by atoms with E-state index >= 15 is 0 Å². The fraction of sp³-hybridized carbons (Fsp3) is 0.773. The Kier molecular flexibility index (Phi) is 12.8. The van der Waals surface area contributed by atoms with Gasteiger partial charge in [0, 0.05) is 14.1 Å². The number of nitrogens with zero attached hydrogens (tertiary/aromatic N) is 2. The van der Waals surface area contributed by atoms with Gasteiger partial charge in [-0.25, -0.2) is 9.59 Å². The van der Waals surface area contributed by atoms with Crippen LogP contribution in [0.3, 0.4) is 0 Å². The zero-order valence-electron chi connectivity index (χ0n) is 19.1. The van der Waals surface area contributed by atoms with Crippen molar-refractivity contribution in [3.8, 4) is 12.3 Å². The summed E-state index contributed by atoms with van der Waals surface area (Å²) in [6.07, 6.45) is 8.46. The predicted molar refractivity (Wildman–Crippen MR) is 113 cm³/mol. The van der Waals surface area contributed by atoms with Crippen LogP contribution in [0.25, 0.3) is 0 Å². The number of hydrogen-bond donors (Lipinski definition) is 0. The highest BCUT2D eigenvalue weighted by Crippen LogP contribution is 2.19. The Balaban J connectivity index is 5.26. The van der Waals surface area contributed by atoms with Crippen LogP contribution in [0.2, 0.25) is 0 Å². The quantitative estimate of drug-likeness (QED) is 0.280. The third-order valence-electron chi connectivity index (χ3n) is 4.75. The molecule has 2 amide bonds. The first kappa shape index (κ1) is 26.8. The van der Waals surface area contributed by atoms with E-state index in [2.05, 4.69) is 12.8 Å². The van der Waals surface area contributed by atoms with Crippen molar-refractivity contribution in [3.63, 3.8) is 0 Å². The van der Waals surface area contributed by atoms with E-state index in [4.69, 9.17) is 15.9 Å². The molecule has 0 spiro atoms. The molecule has 166 valence electrons. The molecule has 0 heterocycles. The third-order valence-corrected chi connectivity index (χ3v) is 4.75. The van der Waals surface area contributed by atoms with Gasteiger partial charge in [0.25, 0.3) is 0 Å². The van der Waals surface area contributed by atoms with E-state index < -0.39 is 24.1 Å². The van der Waals surface area contributed by atoms with Crippen LogP contribution in [0.15, 0.2) is 0 Å². The second-order valence-corrected chi connectivity index (χ2v) is 7.92. The number of carbonyl (C=O) groups excluding carboxylic acids is 3. The largest absolute Gasteiger partial charge is 0.464 e. The number of likely N-dealkylation sites (N-methyl/N-ethyl adjacent to an activating group) is 2. The van der Waals surface area contributed by atoms with Crippen LogP contribution in [0, 0.1) is 24.2 Å². The normalized spacial score (nSPS) is 12.8. The topological polar surface area (TPSA) is 76.2 Å². The van der Waals surface area contributed by atoms with Gasteiger partial charge in [-0.3, -0.25) is 9.69 Å². The Hall–Kier alpha value is -2.23. The Morgan fingerprint density at radius 2 is 1.48 bits per heavy atom. The first-order chi connectivity index (χ1) is 13.6. The standard InChI is InChI=1S/C22H38N2O5/c1-9-11-12-13-15-28-21(26)19(17(5)6)23(7)20(25)18(16(3)4)24(8)22(27)29-14-10-2/h2,16-19H,9,11-15H2,1,3-8H3. The van der Waals surface area contributed by atoms with Gasteiger partial charge in [0.2, 0.25) is 5.91 Å². The molecule has 7 heteroatoms. The number of amides is 2. The molecule has 0 saturated carbocycles. The van der Waals surface area contributed by atoms with E-state index in [9.17, 15) is 14.4 Å². The van der Waals surface area contributed by atoms with Crippen LogP contribution in [-0.2, 0) is 19.1 Å². The van der Waals surface area contributed by atoms with Crippen LogP contribution in [-0.4, -0.2) is 67.2 Å². The molecular formula is C22H38N2O5. The summed E-state index contributed by atoms with van der Waals surface area (Å²) in [5.74, 6) is 1.13. The highest BCUT2D eigenvalue weighted by molar-refractivity contribution is 5.89. The summed E-state index contributed by atoms with van der Waals surface area (Å²) < 4.78 is 10.4. The zero-order chi connectivity index (χ0) is 22.6. The molecule has 0 aliphatic heterocycles. The molecule has 0 rings (SSSR count). The number of ether oxygens (including phenoxy) is 2. The second-order valence-electron chi connectivity index (χ2n) is 7.92. The monoisotopic (exact) mass is 410 g/mol. The lowest BCUT2D eigenvalue weighted by atomic mass is 9.98. The molecule has 2 unspecified atom stereocenters. The molecule has 0 aliphatic rings. The van der Waals surface area contributed by atoms with Gasteiger partial charge in [-0.1, -0.05) is 59.8 Å². The van der Waals surface area contributed by atoms with E-state index in [-0.39, 0.29) is 24.3 Å². The fourth-order valence-electron chi connectivity index (χ4n) is 3.23. The number of terminal acetylenes is 1. The summed E-state index contributed by atoms with van der Waals surface area (Å²) in [6.45, 7) is 9.68. The molecule has 7 nitrogen and oxygen atoms in total. The average molecular weight is 411 g/mol. The fourth-order valence-corrected chi connectivity index (χ4v) is 3.23. The number of hydrogen-bond acceptors (Lipinski definition) is 5. The van der Waals surface area contributed by atoms with Gasteiger partial charge in [-0.2, -0.15) is 0 Å². The van der Waals surface area contributed by atoms with Gasteiger partial charge in [-0.05, 0) is 18.3 Å². The molecule has 2 atom stereocenters. The average Bonchev–Trinajstić information content (AvgIpc) is 2.65. The predicted octanol–water partition coefficient (Wildman–Crippen LogP) is 3.32. The van der Waals surface area contributed by atoms with Crippen LogP contribution in [0.1, 0.15) is 60.3 Å². The van der Waals surface area contributed by atoms with E-state index in [1.807, 2.05) is 27.7 Å². The van der Waals surface area contributed by atoms with Crippen molar-refractivity contribution in [2.75, 3.05) is 27.3 Å². The Morgan fingerprint density at radius 1 is 0.897 bits per heavy atom. The molecular weight excluding hydrogens is 372 g/mol. The zero-order valence-corrected chi connectivity index (χ0v) is 19.1. The number of rotatable bonds is 12. The minimum absolute atomic E-state index is 0.140. The van der Waals surface area contributed by atoms with Crippen LogP contribution < -0.4 is 0 Å². The Labute approximate surface area is 176 Å². The van der Waals surface area contributed by atoms with Crippen molar-refractivity contribution in [2.45, 2.75) is 72.4 Å². The van der Waals surface area contributed by atoms with Crippen LogP contribution >= 0.6 is 0 Å². The highest BCUT2D eigenvalue weighted by Gasteiger charge is 2.38. The molecule has 0 N–H and O–H groups in total. The van der Waals surface area contributed by atoms with Crippen molar-refractivity contribution in [3.05, 3.63) is 0 Å². The third kappa shape index (κ3) is 8.76. The molecule has 0 fully saturated rings. The maximum Gasteiger partial charge on any atom is 0.411 e. The smallest absolute Gasteiger partial charge is 0.411 e. The lowest BCUT2D eigenvalue weighted by molar-refractivity contribution is -0.158. The minimum atomic E-state index is -0.788. The summed E-state index contributed by atoms with van der Waals surface area (Å²) >= 11 is 0. The first-order valence-electron chi connectivity index (χ1n) is 10.4. The van der Waals surface area contributed by atoms with E-state index in [0.717, 1.165) is 25.7 Å². The van der Waals surface area contributed by atoms with Gasteiger partial charge < -0.3 is 14.4 Å². The molecule has 0 aromatic heterocycles. The summed E-state index contributed by atoms with van der Waals surface area (Å²) in [5.41, 5.74) is 0. The van der Waals surface area contributed by atoms with Crippen molar-refractivity contribution >= 4 is 18.0 Å². The maximum absolute atomic E-state index is 13.2. The lowest BCUT2D eigenvalue weighted by Gasteiger charge is -2.36. The van der Waals surface area contributed by atoms with Gasteiger partial charge >= 0.3 is 12.1 Å². The summed E-state index contributed by atoms with van der Waals surface area (Å²) in [6, 6.07) is -1.52. The highest BCUT2D eigenvalue weighted by atomic mass is 16.6. The number of carbonyl (C=O) groups is 3.